The molecule has 6 nitrogen and oxygen atoms in total. The van der Waals surface area contributed by atoms with E-state index in [4.69, 9.17) is 9.47 Å². The van der Waals surface area contributed by atoms with Crippen molar-refractivity contribution in [3.63, 3.8) is 0 Å². The van der Waals surface area contributed by atoms with Crippen LogP contribution in [-0.4, -0.2) is 68.1 Å². The van der Waals surface area contributed by atoms with Gasteiger partial charge in [0.2, 0.25) is 0 Å². The van der Waals surface area contributed by atoms with Crippen molar-refractivity contribution in [3.05, 3.63) is 30.1 Å². The highest BCUT2D eigenvalue weighted by molar-refractivity contribution is 5.89. The number of halogens is 1. The van der Waals surface area contributed by atoms with Crippen molar-refractivity contribution in [2.45, 2.75) is 12.2 Å². The average molecular weight is 323 g/mol. The first-order chi connectivity index (χ1) is 11.1. The highest BCUT2D eigenvalue weighted by Gasteiger charge is 2.41. The fraction of sp³-hybridized carbons (Fsp3) is 0.562. The predicted molar refractivity (Wildman–Crippen MR) is 83.7 cm³/mol. The van der Waals surface area contributed by atoms with Crippen molar-refractivity contribution < 1.29 is 18.7 Å². The number of urea groups is 1. The lowest BCUT2D eigenvalue weighted by molar-refractivity contribution is -0.259. The first-order valence-electron chi connectivity index (χ1n) is 7.85. The number of carbonyl (C=O) groups is 1. The Morgan fingerprint density at radius 1 is 1.22 bits per heavy atom. The number of hydrogen-bond donors (Lipinski definition) is 1. The van der Waals surface area contributed by atoms with E-state index in [1.54, 1.807) is 23.1 Å². The number of para-hydroxylation sites is 1. The van der Waals surface area contributed by atoms with Crippen molar-refractivity contribution >= 4 is 11.7 Å². The fourth-order valence-electron chi connectivity index (χ4n) is 3.00. The smallest absolute Gasteiger partial charge is 0.322 e. The first-order valence-corrected chi connectivity index (χ1v) is 7.85. The van der Waals surface area contributed by atoms with Crippen molar-refractivity contribution in [2.75, 3.05) is 51.8 Å². The van der Waals surface area contributed by atoms with Gasteiger partial charge in [-0.1, -0.05) is 12.1 Å². The molecule has 1 unspecified atom stereocenters. The minimum atomic E-state index is -0.796. The summed E-state index contributed by atoms with van der Waals surface area (Å²) in [5, 5.41) is 2.62. The number of carbonyl (C=O) groups excluding carboxylic acids is 1. The summed E-state index contributed by atoms with van der Waals surface area (Å²) in [5.74, 6) is -1.25. The van der Waals surface area contributed by atoms with E-state index >= 15 is 0 Å². The minimum absolute atomic E-state index is 0.178. The van der Waals surface area contributed by atoms with E-state index in [-0.39, 0.29) is 11.7 Å². The first kappa shape index (κ1) is 16.2. The van der Waals surface area contributed by atoms with Gasteiger partial charge in [-0.3, -0.25) is 0 Å². The molecular weight excluding hydrogens is 301 g/mol. The number of morpholine rings is 1. The SMILES string of the molecule is CN1CCCOC2(C1)CN(C(=O)Nc1ccccc1F)CCO2. The molecule has 2 amide bonds. The number of nitrogens with one attached hydrogen (secondary N) is 1. The molecule has 1 aromatic carbocycles. The molecule has 23 heavy (non-hydrogen) atoms. The van der Waals surface area contributed by atoms with E-state index < -0.39 is 11.6 Å². The third-order valence-corrected chi connectivity index (χ3v) is 4.12. The van der Waals surface area contributed by atoms with Crippen LogP contribution >= 0.6 is 0 Å². The lowest BCUT2D eigenvalue weighted by Crippen LogP contribution is -2.59. The number of rotatable bonds is 1. The van der Waals surface area contributed by atoms with E-state index in [0.717, 1.165) is 13.0 Å². The van der Waals surface area contributed by atoms with Gasteiger partial charge in [0, 0.05) is 13.1 Å². The maximum absolute atomic E-state index is 13.7. The predicted octanol–water partition coefficient (Wildman–Crippen LogP) is 1.74. The van der Waals surface area contributed by atoms with Crippen molar-refractivity contribution in [1.29, 1.82) is 0 Å². The third-order valence-electron chi connectivity index (χ3n) is 4.12. The molecule has 2 saturated heterocycles. The van der Waals surface area contributed by atoms with Gasteiger partial charge in [0.15, 0.2) is 5.79 Å². The molecule has 0 aliphatic carbocycles. The van der Waals surface area contributed by atoms with E-state index in [0.29, 0.717) is 32.8 Å². The largest absolute Gasteiger partial charge is 0.347 e. The van der Waals surface area contributed by atoms with Crippen molar-refractivity contribution in [2.24, 2.45) is 0 Å². The molecular formula is C16H22FN3O3. The van der Waals surface area contributed by atoms with Gasteiger partial charge < -0.3 is 24.6 Å². The summed E-state index contributed by atoms with van der Waals surface area (Å²) < 4.78 is 25.4. The summed E-state index contributed by atoms with van der Waals surface area (Å²) in [6, 6.07) is 5.79. The molecule has 1 spiro atoms. The lowest BCUT2D eigenvalue weighted by Gasteiger charge is -2.42. The van der Waals surface area contributed by atoms with Gasteiger partial charge >= 0.3 is 6.03 Å². The van der Waals surface area contributed by atoms with Crippen molar-refractivity contribution in [3.8, 4) is 0 Å². The molecule has 126 valence electrons. The zero-order chi connectivity index (χ0) is 16.3. The second-order valence-corrected chi connectivity index (χ2v) is 6.03. The molecule has 0 saturated carbocycles. The number of benzene rings is 1. The van der Waals surface area contributed by atoms with Crippen LogP contribution in [0.1, 0.15) is 6.42 Å². The fourth-order valence-corrected chi connectivity index (χ4v) is 3.00. The summed E-state index contributed by atoms with van der Waals surface area (Å²) >= 11 is 0. The number of ether oxygens (including phenoxy) is 2. The second-order valence-electron chi connectivity index (χ2n) is 6.03. The Balaban J connectivity index is 1.68. The molecule has 7 heteroatoms. The molecule has 3 rings (SSSR count). The van der Waals surface area contributed by atoms with Crippen LogP contribution in [0.2, 0.25) is 0 Å². The number of amides is 2. The molecule has 1 aromatic rings. The zero-order valence-electron chi connectivity index (χ0n) is 13.3. The van der Waals surface area contributed by atoms with Crippen LogP contribution in [-0.2, 0) is 9.47 Å². The topological polar surface area (TPSA) is 54.0 Å². The van der Waals surface area contributed by atoms with Crippen molar-refractivity contribution in [1.82, 2.24) is 9.80 Å². The summed E-state index contributed by atoms with van der Waals surface area (Å²) in [6.07, 6.45) is 0.934. The van der Waals surface area contributed by atoms with E-state index in [9.17, 15) is 9.18 Å². The molecule has 2 aliphatic heterocycles. The third kappa shape index (κ3) is 3.80. The van der Waals surface area contributed by atoms with Gasteiger partial charge in [-0.05, 0) is 25.6 Å². The van der Waals surface area contributed by atoms with Gasteiger partial charge in [-0.25, -0.2) is 9.18 Å². The molecule has 0 bridgehead atoms. The number of hydrogen-bond acceptors (Lipinski definition) is 4. The van der Waals surface area contributed by atoms with Gasteiger partial charge in [0.25, 0.3) is 0 Å². The van der Waals surface area contributed by atoms with Crippen LogP contribution in [0.4, 0.5) is 14.9 Å². The molecule has 1 N–H and O–H groups in total. The molecule has 0 radical (unpaired) electrons. The van der Waals surface area contributed by atoms with Crippen LogP contribution in [0.5, 0.6) is 0 Å². The number of nitrogens with zero attached hydrogens (tertiary/aromatic N) is 2. The van der Waals surface area contributed by atoms with E-state index in [1.165, 1.54) is 6.07 Å². The normalized spacial score (nSPS) is 26.1. The lowest BCUT2D eigenvalue weighted by atomic mass is 10.2. The van der Waals surface area contributed by atoms with Crippen LogP contribution in [0.3, 0.4) is 0 Å². The quantitative estimate of drug-likeness (QED) is 0.855. The van der Waals surface area contributed by atoms with Crippen LogP contribution in [0.15, 0.2) is 24.3 Å². The maximum atomic E-state index is 13.7. The van der Waals surface area contributed by atoms with Crippen LogP contribution in [0.25, 0.3) is 0 Å². The Morgan fingerprint density at radius 2 is 2.00 bits per heavy atom. The zero-order valence-corrected chi connectivity index (χ0v) is 13.3. The maximum Gasteiger partial charge on any atom is 0.322 e. The monoisotopic (exact) mass is 323 g/mol. The Hall–Kier alpha value is -1.70. The molecule has 2 aliphatic rings. The minimum Gasteiger partial charge on any atom is -0.347 e. The summed E-state index contributed by atoms with van der Waals surface area (Å²) in [5.41, 5.74) is 0.178. The summed E-state index contributed by atoms with van der Waals surface area (Å²) in [6.45, 7) is 3.33. The average Bonchev–Trinajstić information content (AvgIpc) is 2.71. The van der Waals surface area contributed by atoms with Crippen LogP contribution < -0.4 is 5.32 Å². The number of likely N-dealkylation sites (N-methyl/N-ethyl adjacent to an activating group) is 1. The second kappa shape index (κ2) is 6.82. The molecule has 0 aromatic heterocycles. The van der Waals surface area contributed by atoms with E-state index in [1.807, 2.05) is 7.05 Å². The Bertz CT molecular complexity index is 571. The molecule has 2 heterocycles. The van der Waals surface area contributed by atoms with Gasteiger partial charge in [0.1, 0.15) is 5.82 Å². The summed E-state index contributed by atoms with van der Waals surface area (Å²) in [4.78, 5) is 16.2. The standard InChI is InChI=1S/C16H22FN3O3/c1-19-7-4-9-22-16(11-19)12-20(8-10-23-16)15(21)18-14-6-3-2-5-13(14)17/h2-3,5-6H,4,7-12H2,1H3,(H,18,21). The van der Waals surface area contributed by atoms with E-state index in [2.05, 4.69) is 10.2 Å². The Morgan fingerprint density at radius 3 is 2.83 bits per heavy atom. The molecule has 2 fully saturated rings. The van der Waals surface area contributed by atoms with Gasteiger partial charge in [-0.2, -0.15) is 0 Å². The van der Waals surface area contributed by atoms with Gasteiger partial charge in [0.05, 0.1) is 32.0 Å². The number of anilines is 1. The Labute approximate surface area is 135 Å². The van der Waals surface area contributed by atoms with Crippen LogP contribution in [0, 0.1) is 5.82 Å². The highest BCUT2D eigenvalue weighted by atomic mass is 19.1. The van der Waals surface area contributed by atoms with Gasteiger partial charge in [-0.15, -0.1) is 0 Å². The summed E-state index contributed by atoms with van der Waals surface area (Å²) in [7, 11) is 2.01. The Kier molecular flexibility index (Phi) is 4.79. The highest BCUT2D eigenvalue weighted by Crippen LogP contribution is 2.24. The molecule has 1 atom stereocenters.